The van der Waals surface area contributed by atoms with E-state index in [2.05, 4.69) is 10.6 Å². The SMILES string of the molecule is COc1cc(/C=C(\NC(=O)c2ccccc2)C(=O)Nc2ccc(C(=O)/C=C/c3ccc(F)cc3)cc2)cc(OC)c1OC. The van der Waals surface area contributed by atoms with Gasteiger partial charge in [0.2, 0.25) is 5.75 Å². The minimum absolute atomic E-state index is 0.0505. The molecule has 2 amide bonds. The van der Waals surface area contributed by atoms with Crippen LogP contribution in [-0.2, 0) is 4.79 Å². The first-order chi connectivity index (χ1) is 20.8. The molecule has 0 bridgehead atoms. The Kier molecular flexibility index (Phi) is 10.0. The lowest BCUT2D eigenvalue weighted by Crippen LogP contribution is -2.30. The van der Waals surface area contributed by atoms with Gasteiger partial charge in [0.05, 0.1) is 21.3 Å². The van der Waals surface area contributed by atoms with E-state index in [0.29, 0.717) is 45.2 Å². The third kappa shape index (κ3) is 7.95. The summed E-state index contributed by atoms with van der Waals surface area (Å²) in [7, 11) is 4.43. The van der Waals surface area contributed by atoms with Crippen molar-refractivity contribution in [3.05, 3.63) is 131 Å². The minimum atomic E-state index is -0.603. The van der Waals surface area contributed by atoms with Crippen molar-refractivity contribution in [2.75, 3.05) is 26.6 Å². The van der Waals surface area contributed by atoms with Crippen molar-refractivity contribution in [2.24, 2.45) is 0 Å². The van der Waals surface area contributed by atoms with Crippen LogP contribution in [0.15, 0.2) is 103 Å². The van der Waals surface area contributed by atoms with E-state index in [4.69, 9.17) is 14.2 Å². The molecule has 0 unspecified atom stereocenters. The van der Waals surface area contributed by atoms with Crippen LogP contribution < -0.4 is 24.8 Å². The van der Waals surface area contributed by atoms with Crippen molar-refractivity contribution in [1.82, 2.24) is 5.32 Å². The second kappa shape index (κ2) is 14.3. The quantitative estimate of drug-likeness (QED) is 0.163. The maximum atomic E-state index is 13.4. The highest BCUT2D eigenvalue weighted by Crippen LogP contribution is 2.38. The Morgan fingerprint density at radius 3 is 1.93 bits per heavy atom. The summed E-state index contributed by atoms with van der Waals surface area (Å²) in [6.45, 7) is 0. The first-order valence-corrected chi connectivity index (χ1v) is 13.1. The fourth-order valence-electron chi connectivity index (χ4n) is 4.05. The monoisotopic (exact) mass is 580 g/mol. The Morgan fingerprint density at radius 2 is 1.35 bits per heavy atom. The topological polar surface area (TPSA) is 103 Å². The first kappa shape index (κ1) is 30.3. The number of carbonyl (C=O) groups is 3. The number of nitrogens with one attached hydrogen (secondary N) is 2. The summed E-state index contributed by atoms with van der Waals surface area (Å²) >= 11 is 0. The van der Waals surface area contributed by atoms with Gasteiger partial charge in [-0.1, -0.05) is 36.4 Å². The van der Waals surface area contributed by atoms with E-state index in [1.807, 2.05) is 0 Å². The van der Waals surface area contributed by atoms with Crippen LogP contribution in [0, 0.1) is 5.82 Å². The Hall–Kier alpha value is -5.70. The van der Waals surface area contributed by atoms with Crippen molar-refractivity contribution >= 4 is 35.4 Å². The van der Waals surface area contributed by atoms with Crippen molar-refractivity contribution in [3.63, 3.8) is 0 Å². The van der Waals surface area contributed by atoms with E-state index in [1.165, 1.54) is 45.6 Å². The third-order valence-electron chi connectivity index (χ3n) is 6.25. The van der Waals surface area contributed by atoms with Gasteiger partial charge in [0.25, 0.3) is 11.8 Å². The molecule has 0 radical (unpaired) electrons. The van der Waals surface area contributed by atoms with Gasteiger partial charge in [-0.25, -0.2) is 4.39 Å². The van der Waals surface area contributed by atoms with Crippen molar-refractivity contribution in [2.45, 2.75) is 0 Å². The number of halogens is 1. The Labute approximate surface area is 248 Å². The van der Waals surface area contributed by atoms with E-state index >= 15 is 0 Å². The Balaban J connectivity index is 1.57. The molecule has 0 atom stereocenters. The third-order valence-corrected chi connectivity index (χ3v) is 6.25. The molecule has 2 N–H and O–H groups in total. The number of methoxy groups -OCH3 is 3. The fraction of sp³-hybridized carbons (Fsp3) is 0.0882. The molecule has 4 rings (SSSR count). The minimum Gasteiger partial charge on any atom is -0.493 e. The molecule has 0 saturated carbocycles. The number of ether oxygens (including phenoxy) is 3. The molecule has 0 heterocycles. The summed E-state index contributed by atoms with van der Waals surface area (Å²) in [4.78, 5) is 39.0. The van der Waals surface area contributed by atoms with Crippen molar-refractivity contribution in [1.29, 1.82) is 0 Å². The average molecular weight is 581 g/mol. The van der Waals surface area contributed by atoms with Crippen LogP contribution in [-0.4, -0.2) is 38.9 Å². The largest absolute Gasteiger partial charge is 0.493 e. The molecule has 4 aromatic carbocycles. The summed E-state index contributed by atoms with van der Waals surface area (Å²) in [5, 5.41) is 5.44. The molecule has 9 heteroatoms. The van der Waals surface area contributed by atoms with Crippen LogP contribution in [0.5, 0.6) is 17.2 Å². The molecular formula is C34H29FN2O6. The first-order valence-electron chi connectivity index (χ1n) is 13.1. The van der Waals surface area contributed by atoms with Crippen LogP contribution in [0.25, 0.3) is 12.2 Å². The van der Waals surface area contributed by atoms with Gasteiger partial charge in [0, 0.05) is 16.8 Å². The van der Waals surface area contributed by atoms with Gasteiger partial charge in [-0.15, -0.1) is 0 Å². The molecule has 0 aromatic heterocycles. The van der Waals surface area contributed by atoms with Crippen LogP contribution >= 0.6 is 0 Å². The summed E-state index contributed by atoms with van der Waals surface area (Å²) in [6.07, 6.45) is 4.46. The number of anilines is 1. The van der Waals surface area contributed by atoms with E-state index in [-0.39, 0.29) is 17.3 Å². The number of benzene rings is 4. The lowest BCUT2D eigenvalue weighted by atomic mass is 10.1. The summed E-state index contributed by atoms with van der Waals surface area (Å²) in [5.74, 6) is -0.588. The van der Waals surface area contributed by atoms with Gasteiger partial charge >= 0.3 is 0 Å². The van der Waals surface area contributed by atoms with Crippen LogP contribution in [0.3, 0.4) is 0 Å². The molecule has 0 saturated heterocycles. The molecule has 43 heavy (non-hydrogen) atoms. The number of allylic oxidation sites excluding steroid dienone is 1. The second-order valence-electron chi connectivity index (χ2n) is 9.12. The number of amides is 2. The number of hydrogen-bond donors (Lipinski definition) is 2. The van der Waals surface area contributed by atoms with E-state index in [9.17, 15) is 18.8 Å². The average Bonchev–Trinajstić information content (AvgIpc) is 3.04. The van der Waals surface area contributed by atoms with Crippen LogP contribution in [0.4, 0.5) is 10.1 Å². The van der Waals surface area contributed by atoms with Gasteiger partial charge in [-0.2, -0.15) is 0 Å². The number of ketones is 1. The van der Waals surface area contributed by atoms with Gasteiger partial charge < -0.3 is 24.8 Å². The summed E-state index contributed by atoms with van der Waals surface area (Å²) < 4.78 is 29.3. The number of carbonyl (C=O) groups excluding carboxylic acids is 3. The normalized spacial score (nSPS) is 11.1. The predicted octanol–water partition coefficient (Wildman–Crippen LogP) is 6.16. The van der Waals surface area contributed by atoms with Crippen molar-refractivity contribution in [3.8, 4) is 17.2 Å². The number of rotatable bonds is 11. The zero-order valence-corrected chi connectivity index (χ0v) is 23.7. The maximum Gasteiger partial charge on any atom is 0.272 e. The molecule has 0 aliphatic rings. The molecule has 0 fully saturated rings. The van der Waals surface area contributed by atoms with E-state index in [0.717, 1.165) is 0 Å². The van der Waals surface area contributed by atoms with Gasteiger partial charge in [-0.05, 0) is 83.9 Å². The summed E-state index contributed by atoms with van der Waals surface area (Å²) in [6, 6.07) is 23.8. The van der Waals surface area contributed by atoms with E-state index < -0.39 is 11.8 Å². The molecule has 0 aliphatic heterocycles. The Bertz CT molecular complexity index is 1640. The lowest BCUT2D eigenvalue weighted by molar-refractivity contribution is -0.113. The zero-order chi connectivity index (χ0) is 30.8. The van der Waals surface area contributed by atoms with Gasteiger partial charge in [-0.3, -0.25) is 14.4 Å². The molecule has 8 nitrogen and oxygen atoms in total. The smallest absolute Gasteiger partial charge is 0.272 e. The second-order valence-corrected chi connectivity index (χ2v) is 9.12. The summed E-state index contributed by atoms with van der Waals surface area (Å²) in [5.41, 5.74) is 2.29. The lowest BCUT2D eigenvalue weighted by Gasteiger charge is -2.14. The highest BCUT2D eigenvalue weighted by molar-refractivity contribution is 6.11. The fourth-order valence-corrected chi connectivity index (χ4v) is 4.05. The highest BCUT2D eigenvalue weighted by Gasteiger charge is 2.18. The van der Waals surface area contributed by atoms with Crippen molar-refractivity contribution < 1.29 is 33.0 Å². The number of hydrogen-bond acceptors (Lipinski definition) is 6. The maximum absolute atomic E-state index is 13.4. The zero-order valence-electron chi connectivity index (χ0n) is 23.7. The van der Waals surface area contributed by atoms with Crippen LogP contribution in [0.2, 0.25) is 0 Å². The Morgan fingerprint density at radius 1 is 0.721 bits per heavy atom. The van der Waals surface area contributed by atoms with Gasteiger partial charge in [0.15, 0.2) is 17.3 Å². The molecule has 4 aromatic rings. The highest BCUT2D eigenvalue weighted by atomic mass is 19.1. The molecular weight excluding hydrogens is 551 g/mol. The van der Waals surface area contributed by atoms with Gasteiger partial charge in [0.1, 0.15) is 11.5 Å². The van der Waals surface area contributed by atoms with E-state index in [1.54, 1.807) is 84.9 Å². The predicted molar refractivity (Wildman–Crippen MR) is 163 cm³/mol. The standard InChI is InChI=1S/C34H29FN2O6/c1-41-30-20-23(21-31(42-2)32(30)43-3)19-28(37-33(39)25-7-5-4-6-8-25)34(40)36-27-16-12-24(13-17-27)29(38)18-11-22-9-14-26(35)15-10-22/h4-21H,1-3H3,(H,36,40)(H,37,39)/b18-11+,28-19-. The van der Waals surface area contributed by atoms with Crippen LogP contribution in [0.1, 0.15) is 31.8 Å². The molecule has 218 valence electrons. The molecule has 0 spiro atoms. The molecule has 0 aliphatic carbocycles.